The van der Waals surface area contributed by atoms with Gasteiger partial charge in [0.2, 0.25) is 0 Å². The number of rotatable bonds is 3. The second kappa shape index (κ2) is 4.82. The van der Waals surface area contributed by atoms with E-state index in [-0.39, 0.29) is 0 Å². The van der Waals surface area contributed by atoms with Crippen molar-refractivity contribution in [2.24, 2.45) is 0 Å². The number of nitrogen functional groups attached to an aromatic ring is 1. The van der Waals surface area contributed by atoms with E-state index >= 15 is 0 Å². The van der Waals surface area contributed by atoms with Gasteiger partial charge in [-0.1, -0.05) is 12.1 Å². The molecule has 0 fully saturated rings. The molecule has 88 valence electrons. The van der Waals surface area contributed by atoms with Crippen molar-refractivity contribution in [3.8, 4) is 5.75 Å². The molecule has 2 aromatic rings. The number of hydrogen-bond acceptors (Lipinski definition) is 4. The van der Waals surface area contributed by atoms with Crippen molar-refractivity contribution in [2.75, 3.05) is 5.73 Å². The van der Waals surface area contributed by atoms with Crippen LogP contribution < -0.4 is 10.5 Å². The van der Waals surface area contributed by atoms with E-state index in [9.17, 15) is 0 Å². The zero-order valence-corrected chi connectivity index (χ0v) is 9.97. The Bertz CT molecular complexity index is 509. The van der Waals surface area contributed by atoms with E-state index < -0.39 is 0 Å². The highest BCUT2D eigenvalue weighted by molar-refractivity contribution is 5.36. The number of aryl methyl sites for hydroxylation is 2. The minimum Gasteiger partial charge on any atom is -0.485 e. The molecule has 0 amide bonds. The number of ether oxygens (including phenoxy) is 1. The van der Waals surface area contributed by atoms with E-state index in [1.54, 1.807) is 12.4 Å². The molecule has 2 N–H and O–H groups in total. The fourth-order valence-corrected chi connectivity index (χ4v) is 1.44. The average Bonchev–Trinajstić information content (AvgIpc) is 2.32. The Kier molecular flexibility index (Phi) is 3.23. The van der Waals surface area contributed by atoms with Gasteiger partial charge in [-0.15, -0.1) is 0 Å². The van der Waals surface area contributed by atoms with Crippen molar-refractivity contribution >= 4 is 5.69 Å². The van der Waals surface area contributed by atoms with Crippen LogP contribution >= 0.6 is 0 Å². The van der Waals surface area contributed by atoms with Gasteiger partial charge in [-0.25, -0.2) is 9.97 Å². The van der Waals surface area contributed by atoms with Gasteiger partial charge in [0, 0.05) is 0 Å². The third kappa shape index (κ3) is 2.93. The smallest absolute Gasteiger partial charge is 0.166 e. The summed E-state index contributed by atoms with van der Waals surface area (Å²) in [4.78, 5) is 8.17. The van der Waals surface area contributed by atoms with Crippen molar-refractivity contribution in [3.63, 3.8) is 0 Å². The number of anilines is 1. The van der Waals surface area contributed by atoms with Crippen molar-refractivity contribution in [2.45, 2.75) is 20.5 Å². The zero-order chi connectivity index (χ0) is 12.3. The summed E-state index contributed by atoms with van der Waals surface area (Å²) < 4.78 is 5.68. The van der Waals surface area contributed by atoms with Gasteiger partial charge in [0.15, 0.2) is 5.82 Å². The summed E-state index contributed by atoms with van der Waals surface area (Å²) in [5.41, 5.74) is 8.34. The molecule has 0 saturated carbocycles. The SMILES string of the molecule is Cc1ccc(C)c(OCc2ncc(N)cn2)c1. The summed E-state index contributed by atoms with van der Waals surface area (Å²) in [6.07, 6.45) is 3.16. The lowest BCUT2D eigenvalue weighted by atomic mass is 10.1. The molecule has 17 heavy (non-hydrogen) atoms. The topological polar surface area (TPSA) is 61.0 Å². The van der Waals surface area contributed by atoms with Crippen LogP contribution in [0.15, 0.2) is 30.6 Å². The predicted molar refractivity (Wildman–Crippen MR) is 66.7 cm³/mol. The Morgan fingerprint density at radius 2 is 1.88 bits per heavy atom. The first-order chi connectivity index (χ1) is 8.15. The Morgan fingerprint density at radius 3 is 2.59 bits per heavy atom. The summed E-state index contributed by atoms with van der Waals surface area (Å²) >= 11 is 0. The third-order valence-corrected chi connectivity index (χ3v) is 2.43. The predicted octanol–water partition coefficient (Wildman–Crippen LogP) is 2.25. The van der Waals surface area contributed by atoms with E-state index in [0.29, 0.717) is 18.1 Å². The number of aromatic nitrogens is 2. The fourth-order valence-electron chi connectivity index (χ4n) is 1.44. The van der Waals surface area contributed by atoms with Crippen LogP contribution in [0.2, 0.25) is 0 Å². The van der Waals surface area contributed by atoms with Crippen LogP contribution in [0.5, 0.6) is 5.75 Å². The van der Waals surface area contributed by atoms with Crippen molar-refractivity contribution in [1.82, 2.24) is 9.97 Å². The molecule has 1 aromatic heterocycles. The molecule has 0 aliphatic heterocycles. The molecule has 1 heterocycles. The number of nitrogens with two attached hydrogens (primary N) is 1. The van der Waals surface area contributed by atoms with E-state index in [4.69, 9.17) is 10.5 Å². The van der Waals surface area contributed by atoms with Crippen LogP contribution in [0.1, 0.15) is 17.0 Å². The van der Waals surface area contributed by atoms with Gasteiger partial charge in [0.25, 0.3) is 0 Å². The van der Waals surface area contributed by atoms with E-state index in [2.05, 4.69) is 16.0 Å². The summed E-state index contributed by atoms with van der Waals surface area (Å²) in [5.74, 6) is 1.49. The monoisotopic (exact) mass is 229 g/mol. The summed E-state index contributed by atoms with van der Waals surface area (Å²) in [7, 11) is 0. The Morgan fingerprint density at radius 1 is 1.18 bits per heavy atom. The van der Waals surface area contributed by atoms with Crippen LogP contribution in [0.4, 0.5) is 5.69 Å². The zero-order valence-electron chi connectivity index (χ0n) is 9.97. The first-order valence-electron chi connectivity index (χ1n) is 5.41. The lowest BCUT2D eigenvalue weighted by molar-refractivity contribution is 0.293. The average molecular weight is 229 g/mol. The maximum Gasteiger partial charge on any atom is 0.166 e. The van der Waals surface area contributed by atoms with Crippen LogP contribution in [-0.2, 0) is 6.61 Å². The Hall–Kier alpha value is -2.10. The maximum absolute atomic E-state index is 5.68. The lowest BCUT2D eigenvalue weighted by Gasteiger charge is -2.09. The number of benzene rings is 1. The molecule has 0 bridgehead atoms. The van der Waals surface area contributed by atoms with Gasteiger partial charge in [-0.05, 0) is 31.0 Å². The van der Waals surface area contributed by atoms with Gasteiger partial charge >= 0.3 is 0 Å². The second-order valence-corrected chi connectivity index (χ2v) is 3.99. The van der Waals surface area contributed by atoms with Crippen LogP contribution in [0, 0.1) is 13.8 Å². The molecule has 0 saturated heterocycles. The summed E-state index contributed by atoms with van der Waals surface area (Å²) in [6.45, 7) is 4.40. The molecule has 0 aliphatic rings. The van der Waals surface area contributed by atoms with Crippen LogP contribution in [0.25, 0.3) is 0 Å². The lowest BCUT2D eigenvalue weighted by Crippen LogP contribution is -2.03. The molecule has 0 unspecified atom stereocenters. The van der Waals surface area contributed by atoms with E-state index in [1.807, 2.05) is 26.0 Å². The van der Waals surface area contributed by atoms with Crippen molar-refractivity contribution in [1.29, 1.82) is 0 Å². The molecule has 0 aliphatic carbocycles. The molecule has 4 heteroatoms. The van der Waals surface area contributed by atoms with Gasteiger partial charge < -0.3 is 10.5 Å². The minimum atomic E-state index is 0.352. The Labute approximate surface area is 100 Å². The Balaban J connectivity index is 2.07. The van der Waals surface area contributed by atoms with Crippen LogP contribution in [0.3, 0.4) is 0 Å². The minimum absolute atomic E-state index is 0.352. The maximum atomic E-state index is 5.68. The highest BCUT2D eigenvalue weighted by atomic mass is 16.5. The fraction of sp³-hybridized carbons (Fsp3) is 0.231. The first kappa shape index (κ1) is 11.4. The molecule has 0 atom stereocenters. The van der Waals surface area contributed by atoms with Gasteiger partial charge in [-0.2, -0.15) is 0 Å². The summed E-state index contributed by atoms with van der Waals surface area (Å²) in [5, 5.41) is 0. The normalized spacial score (nSPS) is 10.2. The quantitative estimate of drug-likeness (QED) is 0.876. The molecule has 0 radical (unpaired) electrons. The third-order valence-electron chi connectivity index (χ3n) is 2.43. The standard InChI is InChI=1S/C13H15N3O/c1-9-3-4-10(2)12(5-9)17-8-13-15-6-11(14)7-16-13/h3-7H,8,14H2,1-2H3. The largest absolute Gasteiger partial charge is 0.485 e. The van der Waals surface area contributed by atoms with Gasteiger partial charge in [0.05, 0.1) is 18.1 Å². The first-order valence-corrected chi connectivity index (χ1v) is 5.41. The number of nitrogens with zero attached hydrogens (tertiary/aromatic N) is 2. The number of hydrogen-bond donors (Lipinski definition) is 1. The van der Waals surface area contributed by atoms with E-state index in [1.165, 1.54) is 5.56 Å². The second-order valence-electron chi connectivity index (χ2n) is 3.99. The molecular weight excluding hydrogens is 214 g/mol. The highest BCUT2D eigenvalue weighted by Crippen LogP contribution is 2.19. The summed E-state index contributed by atoms with van der Waals surface area (Å²) in [6, 6.07) is 6.10. The van der Waals surface area contributed by atoms with Gasteiger partial charge in [-0.3, -0.25) is 0 Å². The highest BCUT2D eigenvalue weighted by Gasteiger charge is 2.02. The molecular formula is C13H15N3O. The molecule has 2 rings (SSSR count). The van der Waals surface area contributed by atoms with Crippen molar-refractivity contribution < 1.29 is 4.74 Å². The van der Waals surface area contributed by atoms with E-state index in [0.717, 1.165) is 11.3 Å². The molecule has 1 aromatic carbocycles. The molecule has 4 nitrogen and oxygen atoms in total. The van der Waals surface area contributed by atoms with Gasteiger partial charge in [0.1, 0.15) is 12.4 Å². The molecule has 0 spiro atoms. The van der Waals surface area contributed by atoms with Crippen molar-refractivity contribution in [3.05, 3.63) is 47.5 Å². The van der Waals surface area contributed by atoms with Crippen LogP contribution in [-0.4, -0.2) is 9.97 Å².